The van der Waals surface area contributed by atoms with Crippen molar-refractivity contribution in [3.63, 3.8) is 0 Å². The highest BCUT2D eigenvalue weighted by Crippen LogP contribution is 2.44. The van der Waals surface area contributed by atoms with Crippen LogP contribution >= 0.6 is 0 Å². The van der Waals surface area contributed by atoms with Gasteiger partial charge in [-0.3, -0.25) is 0 Å². The van der Waals surface area contributed by atoms with E-state index in [1.807, 2.05) is 6.92 Å². The molecule has 0 spiro atoms. The van der Waals surface area contributed by atoms with Crippen LogP contribution < -0.4 is 0 Å². The fourth-order valence-electron chi connectivity index (χ4n) is 2.10. The second kappa shape index (κ2) is 2.48. The minimum Gasteiger partial charge on any atom is -0.390 e. The molecule has 2 aliphatic rings. The van der Waals surface area contributed by atoms with Crippen molar-refractivity contribution in [2.24, 2.45) is 11.8 Å². The Morgan fingerprint density at radius 2 is 1.91 bits per heavy atom. The Bertz CT molecular complexity index is 143. The van der Waals surface area contributed by atoms with Gasteiger partial charge in [0.25, 0.3) is 0 Å². The van der Waals surface area contributed by atoms with Crippen LogP contribution in [0.25, 0.3) is 0 Å². The third kappa shape index (κ3) is 1.58. The van der Waals surface area contributed by atoms with Crippen LogP contribution in [0.4, 0.5) is 0 Å². The molecule has 1 heteroatoms. The van der Waals surface area contributed by atoms with Gasteiger partial charge in [-0.05, 0) is 38.0 Å². The Labute approximate surface area is 68.8 Å². The van der Waals surface area contributed by atoms with Crippen LogP contribution in [-0.4, -0.2) is 10.7 Å². The topological polar surface area (TPSA) is 20.2 Å². The van der Waals surface area contributed by atoms with Crippen LogP contribution in [0.3, 0.4) is 0 Å². The largest absolute Gasteiger partial charge is 0.390 e. The summed E-state index contributed by atoms with van der Waals surface area (Å²) in [5.74, 6) is 1.49. The lowest BCUT2D eigenvalue weighted by molar-refractivity contribution is -0.0451. The minimum atomic E-state index is -0.320. The smallest absolute Gasteiger partial charge is 0.0650 e. The zero-order chi connectivity index (χ0) is 7.90. The van der Waals surface area contributed by atoms with Gasteiger partial charge in [0.1, 0.15) is 0 Å². The van der Waals surface area contributed by atoms with Crippen molar-refractivity contribution in [2.45, 2.75) is 51.0 Å². The van der Waals surface area contributed by atoms with E-state index in [4.69, 9.17) is 0 Å². The highest BCUT2D eigenvalue weighted by Gasteiger charge is 2.39. The third-order valence-corrected chi connectivity index (χ3v) is 3.38. The third-order valence-electron chi connectivity index (χ3n) is 3.38. The molecule has 0 aliphatic heterocycles. The van der Waals surface area contributed by atoms with Crippen molar-refractivity contribution in [3.8, 4) is 0 Å². The second-order valence-electron chi connectivity index (χ2n) is 4.63. The molecule has 11 heavy (non-hydrogen) atoms. The molecule has 1 unspecified atom stereocenters. The Morgan fingerprint density at radius 3 is 2.27 bits per heavy atom. The van der Waals surface area contributed by atoms with Crippen molar-refractivity contribution < 1.29 is 5.11 Å². The minimum absolute atomic E-state index is 0.320. The fourth-order valence-corrected chi connectivity index (χ4v) is 2.10. The maximum atomic E-state index is 10.0. The molecule has 2 saturated carbocycles. The van der Waals surface area contributed by atoms with Crippen LogP contribution in [0.15, 0.2) is 0 Å². The number of aliphatic hydroxyl groups is 1. The van der Waals surface area contributed by atoms with Crippen molar-refractivity contribution in [1.29, 1.82) is 0 Å². The van der Waals surface area contributed by atoms with Crippen LogP contribution in [-0.2, 0) is 0 Å². The molecule has 1 N–H and O–H groups in total. The standard InChI is InChI=1S/C10H18O/c1-10(11,7-8-5-6-8)9-3-2-4-9/h8-9,11H,2-7H2,1H3. The number of hydrogen-bond acceptors (Lipinski definition) is 1. The van der Waals surface area contributed by atoms with Gasteiger partial charge in [0, 0.05) is 0 Å². The molecule has 1 atom stereocenters. The number of rotatable bonds is 3. The van der Waals surface area contributed by atoms with Crippen LogP contribution in [0, 0.1) is 11.8 Å². The van der Waals surface area contributed by atoms with Gasteiger partial charge in [0.2, 0.25) is 0 Å². The summed E-state index contributed by atoms with van der Waals surface area (Å²) in [6.07, 6.45) is 7.66. The molecule has 0 aromatic carbocycles. The molecule has 0 radical (unpaired) electrons. The Morgan fingerprint density at radius 1 is 1.27 bits per heavy atom. The number of hydrogen-bond donors (Lipinski definition) is 1. The lowest BCUT2D eigenvalue weighted by Crippen LogP contribution is -2.39. The van der Waals surface area contributed by atoms with Gasteiger partial charge < -0.3 is 5.11 Å². The Kier molecular flexibility index (Phi) is 1.71. The summed E-state index contributed by atoms with van der Waals surface area (Å²) in [6.45, 7) is 2.04. The van der Waals surface area contributed by atoms with Crippen LogP contribution in [0.2, 0.25) is 0 Å². The molecule has 0 heterocycles. The molecule has 0 saturated heterocycles. The van der Waals surface area contributed by atoms with Crippen molar-refractivity contribution >= 4 is 0 Å². The molecule has 2 aliphatic carbocycles. The van der Waals surface area contributed by atoms with Crippen molar-refractivity contribution in [3.05, 3.63) is 0 Å². The average Bonchev–Trinajstić information content (AvgIpc) is 2.40. The first-order valence-corrected chi connectivity index (χ1v) is 4.91. The van der Waals surface area contributed by atoms with E-state index in [2.05, 4.69) is 0 Å². The monoisotopic (exact) mass is 154 g/mol. The van der Waals surface area contributed by atoms with E-state index in [0.717, 1.165) is 12.3 Å². The van der Waals surface area contributed by atoms with Gasteiger partial charge in [-0.2, -0.15) is 0 Å². The predicted molar refractivity (Wildman–Crippen MR) is 45.3 cm³/mol. The lowest BCUT2D eigenvalue weighted by atomic mass is 9.72. The van der Waals surface area contributed by atoms with E-state index in [1.165, 1.54) is 32.1 Å². The molecule has 0 aromatic heterocycles. The van der Waals surface area contributed by atoms with Gasteiger partial charge in [-0.15, -0.1) is 0 Å². The first kappa shape index (κ1) is 7.60. The van der Waals surface area contributed by atoms with E-state index >= 15 is 0 Å². The van der Waals surface area contributed by atoms with E-state index < -0.39 is 0 Å². The van der Waals surface area contributed by atoms with E-state index in [0.29, 0.717) is 5.92 Å². The molecule has 0 amide bonds. The van der Waals surface area contributed by atoms with Crippen molar-refractivity contribution in [2.75, 3.05) is 0 Å². The predicted octanol–water partition coefficient (Wildman–Crippen LogP) is 2.34. The summed E-state index contributed by atoms with van der Waals surface area (Å²) >= 11 is 0. The summed E-state index contributed by atoms with van der Waals surface area (Å²) in [4.78, 5) is 0. The Balaban J connectivity index is 1.84. The second-order valence-corrected chi connectivity index (χ2v) is 4.63. The molecular formula is C10H18O. The maximum Gasteiger partial charge on any atom is 0.0650 e. The van der Waals surface area contributed by atoms with Crippen molar-refractivity contribution in [1.82, 2.24) is 0 Å². The summed E-state index contributed by atoms with van der Waals surface area (Å²) in [6, 6.07) is 0. The zero-order valence-electron chi connectivity index (χ0n) is 7.34. The SMILES string of the molecule is CC(O)(CC1CC1)C1CCC1. The maximum absolute atomic E-state index is 10.0. The zero-order valence-corrected chi connectivity index (χ0v) is 7.34. The average molecular weight is 154 g/mol. The molecule has 1 nitrogen and oxygen atoms in total. The van der Waals surface area contributed by atoms with E-state index in [1.54, 1.807) is 0 Å². The molecule has 2 rings (SSSR count). The molecule has 0 bridgehead atoms. The van der Waals surface area contributed by atoms with Gasteiger partial charge in [0.15, 0.2) is 0 Å². The van der Waals surface area contributed by atoms with Gasteiger partial charge in [0.05, 0.1) is 5.60 Å². The summed E-state index contributed by atoms with van der Waals surface area (Å²) in [5.41, 5.74) is -0.320. The molecule has 64 valence electrons. The molecule has 0 aromatic rings. The van der Waals surface area contributed by atoms with Gasteiger partial charge in [-0.25, -0.2) is 0 Å². The summed E-state index contributed by atoms with van der Waals surface area (Å²) in [5, 5.41) is 10.0. The first-order chi connectivity index (χ1) is 5.18. The highest BCUT2D eigenvalue weighted by atomic mass is 16.3. The fraction of sp³-hybridized carbons (Fsp3) is 1.00. The lowest BCUT2D eigenvalue weighted by Gasteiger charge is -2.39. The first-order valence-electron chi connectivity index (χ1n) is 4.91. The highest BCUT2D eigenvalue weighted by molar-refractivity contribution is 4.91. The van der Waals surface area contributed by atoms with Crippen LogP contribution in [0.5, 0.6) is 0 Å². The van der Waals surface area contributed by atoms with E-state index in [-0.39, 0.29) is 5.60 Å². The normalized spacial score (nSPS) is 31.1. The van der Waals surface area contributed by atoms with Gasteiger partial charge in [-0.1, -0.05) is 19.3 Å². The van der Waals surface area contributed by atoms with E-state index in [9.17, 15) is 5.11 Å². The van der Waals surface area contributed by atoms with Crippen LogP contribution in [0.1, 0.15) is 45.4 Å². The van der Waals surface area contributed by atoms with Gasteiger partial charge >= 0.3 is 0 Å². The molecule has 2 fully saturated rings. The Hall–Kier alpha value is -0.0400. The molecular weight excluding hydrogens is 136 g/mol. The quantitative estimate of drug-likeness (QED) is 0.661. The summed E-state index contributed by atoms with van der Waals surface area (Å²) in [7, 11) is 0. The summed E-state index contributed by atoms with van der Waals surface area (Å²) < 4.78 is 0.